The minimum absolute atomic E-state index is 0.134. The van der Waals surface area contributed by atoms with Gasteiger partial charge in [-0.1, -0.05) is 25.1 Å². The van der Waals surface area contributed by atoms with Crippen LogP contribution in [0.4, 0.5) is 4.39 Å². The molecule has 1 heterocycles. The van der Waals surface area contributed by atoms with Gasteiger partial charge in [-0.2, -0.15) is 0 Å². The molecule has 0 spiro atoms. The number of hydrogen-bond donors (Lipinski definition) is 1. The first kappa shape index (κ1) is 12.2. The van der Waals surface area contributed by atoms with Crippen molar-refractivity contribution in [3.63, 3.8) is 0 Å². The van der Waals surface area contributed by atoms with Crippen molar-refractivity contribution in [2.24, 2.45) is 5.41 Å². The average Bonchev–Trinajstić information content (AvgIpc) is 2.33. The molecule has 0 amide bonds. The van der Waals surface area contributed by atoms with Crippen molar-refractivity contribution < 1.29 is 9.18 Å². The normalized spacial score (nSPS) is 24.6. The standard InChI is InChI=1S/C14H18FNO/c1-14(7-4-8-16-10-14)13(17)9-11-5-2-3-6-12(11)15/h2-3,5-6,16H,4,7-10H2,1H3. The summed E-state index contributed by atoms with van der Waals surface area (Å²) in [4.78, 5) is 12.2. The highest BCUT2D eigenvalue weighted by molar-refractivity contribution is 5.86. The molecule has 0 radical (unpaired) electrons. The monoisotopic (exact) mass is 235 g/mol. The Hall–Kier alpha value is -1.22. The fourth-order valence-corrected chi connectivity index (χ4v) is 2.32. The number of benzene rings is 1. The van der Waals surface area contributed by atoms with Crippen LogP contribution in [0.25, 0.3) is 0 Å². The molecular weight excluding hydrogens is 217 g/mol. The molecule has 1 saturated heterocycles. The number of hydrogen-bond acceptors (Lipinski definition) is 2. The van der Waals surface area contributed by atoms with E-state index in [1.807, 2.05) is 6.92 Å². The molecule has 1 aromatic carbocycles. The van der Waals surface area contributed by atoms with E-state index >= 15 is 0 Å². The van der Waals surface area contributed by atoms with E-state index in [2.05, 4.69) is 5.32 Å². The molecule has 92 valence electrons. The van der Waals surface area contributed by atoms with Crippen LogP contribution in [0, 0.1) is 11.2 Å². The molecule has 17 heavy (non-hydrogen) atoms. The number of nitrogens with one attached hydrogen (secondary N) is 1. The Bertz CT molecular complexity index is 410. The lowest BCUT2D eigenvalue weighted by atomic mass is 9.77. The van der Waals surface area contributed by atoms with Crippen molar-refractivity contribution in [2.75, 3.05) is 13.1 Å². The molecule has 1 unspecified atom stereocenters. The van der Waals surface area contributed by atoms with Crippen LogP contribution in [0.1, 0.15) is 25.3 Å². The third kappa shape index (κ3) is 2.72. The van der Waals surface area contributed by atoms with Crippen LogP contribution in [-0.2, 0) is 11.2 Å². The van der Waals surface area contributed by atoms with Crippen LogP contribution in [0.5, 0.6) is 0 Å². The average molecular weight is 235 g/mol. The summed E-state index contributed by atoms with van der Waals surface area (Å²) >= 11 is 0. The van der Waals surface area contributed by atoms with Gasteiger partial charge in [0.05, 0.1) is 0 Å². The molecule has 1 aliphatic rings. The van der Waals surface area contributed by atoms with Gasteiger partial charge in [0.2, 0.25) is 0 Å². The summed E-state index contributed by atoms with van der Waals surface area (Å²) in [5.41, 5.74) is 0.171. The maximum absolute atomic E-state index is 13.5. The molecule has 2 rings (SSSR count). The maximum Gasteiger partial charge on any atom is 0.144 e. The van der Waals surface area contributed by atoms with Gasteiger partial charge >= 0.3 is 0 Å². The lowest BCUT2D eigenvalue weighted by Gasteiger charge is -2.32. The Labute approximate surface area is 101 Å². The largest absolute Gasteiger partial charge is 0.316 e. The number of halogens is 1. The van der Waals surface area contributed by atoms with Crippen molar-refractivity contribution in [1.29, 1.82) is 0 Å². The number of rotatable bonds is 3. The Morgan fingerprint density at radius 1 is 1.47 bits per heavy atom. The minimum atomic E-state index is -0.333. The molecule has 0 saturated carbocycles. The highest BCUT2D eigenvalue weighted by Gasteiger charge is 2.34. The lowest BCUT2D eigenvalue weighted by molar-refractivity contribution is -0.128. The number of piperidine rings is 1. The van der Waals surface area contributed by atoms with Crippen molar-refractivity contribution in [3.05, 3.63) is 35.6 Å². The van der Waals surface area contributed by atoms with Crippen LogP contribution < -0.4 is 5.32 Å². The van der Waals surface area contributed by atoms with Crippen LogP contribution in [0.3, 0.4) is 0 Å². The first-order valence-electron chi connectivity index (χ1n) is 6.09. The summed E-state index contributed by atoms with van der Waals surface area (Å²) in [7, 11) is 0. The topological polar surface area (TPSA) is 29.1 Å². The fourth-order valence-electron chi connectivity index (χ4n) is 2.32. The third-order valence-corrected chi connectivity index (χ3v) is 3.58. The van der Waals surface area contributed by atoms with Crippen LogP contribution >= 0.6 is 0 Å². The number of Topliss-reactive ketones (excluding diaryl/α,β-unsaturated/α-hetero) is 1. The Morgan fingerprint density at radius 3 is 2.88 bits per heavy atom. The highest BCUT2D eigenvalue weighted by Crippen LogP contribution is 2.28. The molecule has 3 heteroatoms. The van der Waals surface area contributed by atoms with Crippen molar-refractivity contribution in [1.82, 2.24) is 5.32 Å². The fraction of sp³-hybridized carbons (Fsp3) is 0.500. The Morgan fingerprint density at radius 2 is 2.24 bits per heavy atom. The quantitative estimate of drug-likeness (QED) is 0.871. The summed E-state index contributed by atoms with van der Waals surface area (Å²) in [6, 6.07) is 6.51. The summed E-state index contributed by atoms with van der Waals surface area (Å²) < 4.78 is 13.5. The second kappa shape index (κ2) is 4.96. The van der Waals surface area contributed by atoms with Crippen molar-refractivity contribution in [2.45, 2.75) is 26.2 Å². The Kier molecular flexibility index (Phi) is 3.57. The molecular formula is C14H18FNO. The molecule has 1 aliphatic heterocycles. The SMILES string of the molecule is CC1(C(=O)Cc2ccccc2F)CCCNC1. The first-order chi connectivity index (χ1) is 8.12. The van der Waals surface area contributed by atoms with Crippen molar-refractivity contribution in [3.8, 4) is 0 Å². The van der Waals surface area contributed by atoms with E-state index in [1.165, 1.54) is 6.07 Å². The second-order valence-corrected chi connectivity index (χ2v) is 5.03. The zero-order chi connectivity index (χ0) is 12.3. The molecule has 0 bridgehead atoms. The smallest absolute Gasteiger partial charge is 0.144 e. The zero-order valence-corrected chi connectivity index (χ0v) is 10.1. The third-order valence-electron chi connectivity index (χ3n) is 3.58. The van der Waals surface area contributed by atoms with E-state index in [0.29, 0.717) is 12.1 Å². The predicted octanol–water partition coefficient (Wildman–Crippen LogP) is 2.33. The molecule has 2 nitrogen and oxygen atoms in total. The van der Waals surface area contributed by atoms with E-state index in [0.717, 1.165) is 19.4 Å². The van der Waals surface area contributed by atoms with Gasteiger partial charge < -0.3 is 5.32 Å². The molecule has 0 aliphatic carbocycles. The molecule has 1 aromatic rings. The predicted molar refractivity (Wildman–Crippen MR) is 65.3 cm³/mol. The van der Waals surface area contributed by atoms with Gasteiger partial charge in [0.25, 0.3) is 0 Å². The van der Waals surface area contributed by atoms with E-state index < -0.39 is 0 Å². The summed E-state index contributed by atoms with van der Waals surface area (Å²) in [6.45, 7) is 3.66. The van der Waals surface area contributed by atoms with Gasteiger partial charge in [0.1, 0.15) is 11.6 Å². The van der Waals surface area contributed by atoms with Gasteiger partial charge in [-0.25, -0.2) is 4.39 Å². The maximum atomic E-state index is 13.5. The summed E-state index contributed by atoms with van der Waals surface area (Å²) in [5.74, 6) is -0.150. The molecule has 1 fully saturated rings. The number of carbonyl (C=O) groups excluding carboxylic acids is 1. The molecule has 0 aromatic heterocycles. The van der Waals surface area contributed by atoms with Crippen molar-refractivity contribution >= 4 is 5.78 Å². The summed E-state index contributed by atoms with van der Waals surface area (Å²) in [6.07, 6.45) is 2.11. The second-order valence-electron chi connectivity index (χ2n) is 5.03. The Balaban J connectivity index is 2.08. The number of carbonyl (C=O) groups is 1. The van der Waals surface area contributed by atoms with E-state index in [1.54, 1.807) is 18.2 Å². The minimum Gasteiger partial charge on any atom is -0.316 e. The van der Waals surface area contributed by atoms with Gasteiger partial charge in [-0.3, -0.25) is 4.79 Å². The van der Waals surface area contributed by atoms with Gasteiger partial charge in [-0.15, -0.1) is 0 Å². The highest BCUT2D eigenvalue weighted by atomic mass is 19.1. The van der Waals surface area contributed by atoms with Gasteiger partial charge in [-0.05, 0) is 31.0 Å². The molecule has 1 atom stereocenters. The van der Waals surface area contributed by atoms with E-state index in [-0.39, 0.29) is 23.4 Å². The van der Waals surface area contributed by atoms with Crippen LogP contribution in [-0.4, -0.2) is 18.9 Å². The first-order valence-corrected chi connectivity index (χ1v) is 6.09. The van der Waals surface area contributed by atoms with Gasteiger partial charge in [0, 0.05) is 18.4 Å². The van der Waals surface area contributed by atoms with E-state index in [4.69, 9.17) is 0 Å². The lowest BCUT2D eigenvalue weighted by Crippen LogP contribution is -2.44. The molecule has 1 N–H and O–H groups in total. The summed E-state index contributed by atoms with van der Waals surface area (Å²) in [5, 5.41) is 3.24. The van der Waals surface area contributed by atoms with Gasteiger partial charge in [0.15, 0.2) is 0 Å². The number of ketones is 1. The van der Waals surface area contributed by atoms with Crippen LogP contribution in [0.15, 0.2) is 24.3 Å². The zero-order valence-electron chi connectivity index (χ0n) is 10.1. The van der Waals surface area contributed by atoms with E-state index in [9.17, 15) is 9.18 Å². The van der Waals surface area contributed by atoms with Crippen LogP contribution in [0.2, 0.25) is 0 Å².